The number of anilines is 1. The van der Waals surface area contributed by atoms with Crippen molar-refractivity contribution in [1.82, 2.24) is 9.88 Å². The summed E-state index contributed by atoms with van der Waals surface area (Å²) in [6, 6.07) is 5.41. The Morgan fingerprint density at radius 3 is 2.60 bits per heavy atom. The van der Waals surface area contributed by atoms with E-state index < -0.39 is 29.3 Å². The Labute approximate surface area is 173 Å². The highest BCUT2D eigenvalue weighted by Gasteiger charge is 2.38. The number of hydrogen-bond donors (Lipinski definition) is 3. The maximum absolute atomic E-state index is 13.5. The molecule has 1 unspecified atom stereocenters. The zero-order valence-corrected chi connectivity index (χ0v) is 17.2. The molecule has 1 fully saturated rings. The average Bonchev–Trinajstić information content (AvgIpc) is 2.90. The standard InChI is InChI=1S/C21H23FN4O4/c1-11-16(19(28)24-14-5-6-15(22)13(7-14)8-23)12(2)26(4)17(11)18(27)20(29)25-21(3)9-30-10-21/h5-7,20,25,29H,9-10H2,1-4H3,(H,24,28). The second kappa shape index (κ2) is 7.99. The number of ether oxygens (including phenoxy) is 1. The van der Waals surface area contributed by atoms with Crippen molar-refractivity contribution in [2.45, 2.75) is 32.5 Å². The molecule has 30 heavy (non-hydrogen) atoms. The first kappa shape index (κ1) is 21.6. The molecule has 1 atom stereocenters. The molecule has 1 saturated heterocycles. The van der Waals surface area contributed by atoms with Crippen molar-refractivity contribution in [1.29, 1.82) is 5.26 Å². The molecular weight excluding hydrogens is 391 g/mol. The van der Waals surface area contributed by atoms with Gasteiger partial charge in [0.15, 0.2) is 6.23 Å². The normalized spacial score (nSPS) is 15.8. The number of carbonyl (C=O) groups excluding carboxylic acids is 2. The summed E-state index contributed by atoms with van der Waals surface area (Å²) in [7, 11) is 1.64. The number of rotatable bonds is 6. The van der Waals surface area contributed by atoms with Crippen LogP contribution in [0.3, 0.4) is 0 Å². The Morgan fingerprint density at radius 2 is 2.03 bits per heavy atom. The Bertz CT molecular complexity index is 1070. The summed E-state index contributed by atoms with van der Waals surface area (Å²) < 4.78 is 20.2. The van der Waals surface area contributed by atoms with Crippen LogP contribution in [0.1, 0.15) is 44.6 Å². The highest BCUT2D eigenvalue weighted by atomic mass is 19.1. The molecule has 2 aromatic rings. The molecule has 2 heterocycles. The van der Waals surface area contributed by atoms with Crippen LogP contribution in [0.15, 0.2) is 18.2 Å². The van der Waals surface area contributed by atoms with Gasteiger partial charge in [-0.25, -0.2) is 4.39 Å². The van der Waals surface area contributed by atoms with Crippen molar-refractivity contribution in [3.63, 3.8) is 0 Å². The van der Waals surface area contributed by atoms with Crippen LogP contribution >= 0.6 is 0 Å². The number of aliphatic hydroxyl groups is 1. The van der Waals surface area contributed by atoms with E-state index in [-0.39, 0.29) is 22.5 Å². The fourth-order valence-corrected chi connectivity index (χ4v) is 3.56. The Morgan fingerprint density at radius 1 is 1.37 bits per heavy atom. The van der Waals surface area contributed by atoms with Crippen molar-refractivity contribution < 1.29 is 23.8 Å². The van der Waals surface area contributed by atoms with Crippen LogP contribution in [0.4, 0.5) is 10.1 Å². The maximum Gasteiger partial charge on any atom is 0.257 e. The summed E-state index contributed by atoms with van der Waals surface area (Å²) in [6.07, 6.45) is -1.45. The van der Waals surface area contributed by atoms with Crippen LogP contribution in [0.2, 0.25) is 0 Å². The predicted molar refractivity (Wildman–Crippen MR) is 107 cm³/mol. The number of benzene rings is 1. The average molecular weight is 414 g/mol. The largest absolute Gasteiger partial charge is 0.377 e. The first-order valence-electron chi connectivity index (χ1n) is 9.32. The van der Waals surface area contributed by atoms with Gasteiger partial charge < -0.3 is 19.7 Å². The number of aromatic nitrogens is 1. The van der Waals surface area contributed by atoms with Gasteiger partial charge in [-0.05, 0) is 44.5 Å². The third-order valence-corrected chi connectivity index (χ3v) is 5.31. The summed E-state index contributed by atoms with van der Waals surface area (Å²) in [5.41, 5.74) is 1.01. The Balaban J connectivity index is 1.87. The number of nitrogens with zero attached hydrogens (tertiary/aromatic N) is 2. The van der Waals surface area contributed by atoms with Gasteiger partial charge in [0.2, 0.25) is 5.78 Å². The van der Waals surface area contributed by atoms with Crippen LogP contribution < -0.4 is 10.6 Å². The number of Topliss-reactive ketones (excluding diaryl/α,β-unsaturated/α-hetero) is 1. The summed E-state index contributed by atoms with van der Waals surface area (Å²) in [5.74, 6) is -1.74. The van der Waals surface area contributed by atoms with E-state index in [0.29, 0.717) is 24.5 Å². The first-order valence-corrected chi connectivity index (χ1v) is 9.32. The van der Waals surface area contributed by atoms with E-state index in [1.54, 1.807) is 31.5 Å². The molecule has 0 spiro atoms. The van der Waals surface area contributed by atoms with Crippen molar-refractivity contribution in [2.24, 2.45) is 7.05 Å². The van der Waals surface area contributed by atoms with Gasteiger partial charge in [-0.15, -0.1) is 0 Å². The molecule has 0 bridgehead atoms. The number of ketones is 1. The van der Waals surface area contributed by atoms with Crippen LogP contribution in [0.25, 0.3) is 0 Å². The molecule has 0 saturated carbocycles. The number of aliphatic hydroxyl groups excluding tert-OH is 1. The molecule has 1 aliphatic heterocycles. The third-order valence-electron chi connectivity index (χ3n) is 5.31. The van der Waals surface area contributed by atoms with E-state index in [1.807, 2.05) is 6.92 Å². The molecule has 1 amide bonds. The fourth-order valence-electron chi connectivity index (χ4n) is 3.56. The maximum atomic E-state index is 13.5. The molecule has 158 valence electrons. The van der Waals surface area contributed by atoms with E-state index in [0.717, 1.165) is 6.07 Å². The van der Waals surface area contributed by atoms with Gasteiger partial charge >= 0.3 is 0 Å². The third kappa shape index (κ3) is 3.85. The quantitative estimate of drug-likeness (QED) is 0.490. The molecule has 3 N–H and O–H groups in total. The lowest BCUT2D eigenvalue weighted by molar-refractivity contribution is -0.0825. The molecular formula is C21H23FN4O4. The van der Waals surface area contributed by atoms with Crippen molar-refractivity contribution in [3.8, 4) is 6.07 Å². The molecule has 3 rings (SSSR count). The summed E-state index contributed by atoms with van der Waals surface area (Å²) >= 11 is 0. The van der Waals surface area contributed by atoms with Gasteiger partial charge in [-0.3, -0.25) is 14.9 Å². The van der Waals surface area contributed by atoms with E-state index in [1.165, 1.54) is 12.1 Å². The smallest absolute Gasteiger partial charge is 0.257 e. The van der Waals surface area contributed by atoms with Crippen LogP contribution in [-0.4, -0.2) is 46.3 Å². The van der Waals surface area contributed by atoms with Gasteiger partial charge in [-0.1, -0.05) is 0 Å². The Kier molecular flexibility index (Phi) is 5.76. The highest BCUT2D eigenvalue weighted by Crippen LogP contribution is 2.25. The van der Waals surface area contributed by atoms with Crippen LogP contribution in [0, 0.1) is 31.0 Å². The van der Waals surface area contributed by atoms with Gasteiger partial charge in [-0.2, -0.15) is 5.26 Å². The van der Waals surface area contributed by atoms with E-state index in [2.05, 4.69) is 10.6 Å². The van der Waals surface area contributed by atoms with E-state index in [9.17, 15) is 19.1 Å². The van der Waals surface area contributed by atoms with Gasteiger partial charge in [0.25, 0.3) is 5.91 Å². The van der Waals surface area contributed by atoms with E-state index >= 15 is 0 Å². The lowest BCUT2D eigenvalue weighted by atomic mass is 9.99. The van der Waals surface area contributed by atoms with Gasteiger partial charge in [0.1, 0.15) is 11.9 Å². The summed E-state index contributed by atoms with van der Waals surface area (Å²) in [6.45, 7) is 5.93. The van der Waals surface area contributed by atoms with Crippen molar-refractivity contribution >= 4 is 17.4 Å². The molecule has 1 aromatic heterocycles. The number of nitriles is 1. The van der Waals surface area contributed by atoms with Gasteiger partial charge in [0.05, 0.1) is 35.6 Å². The Hall–Kier alpha value is -3.06. The van der Waals surface area contributed by atoms with Crippen molar-refractivity contribution in [2.75, 3.05) is 18.5 Å². The number of amides is 1. The number of carbonyl (C=O) groups is 2. The van der Waals surface area contributed by atoms with Crippen LogP contribution in [0.5, 0.6) is 0 Å². The lowest BCUT2D eigenvalue weighted by Crippen LogP contribution is -2.62. The van der Waals surface area contributed by atoms with Gasteiger partial charge in [0, 0.05) is 18.4 Å². The first-order chi connectivity index (χ1) is 14.1. The predicted octanol–water partition coefficient (Wildman–Crippen LogP) is 1.78. The molecule has 0 aliphatic carbocycles. The molecule has 8 nitrogen and oxygen atoms in total. The minimum atomic E-state index is -1.45. The molecule has 1 aromatic carbocycles. The fraction of sp³-hybridized carbons (Fsp3) is 0.381. The number of halogens is 1. The second-order valence-corrected chi connectivity index (χ2v) is 7.72. The van der Waals surface area contributed by atoms with Crippen molar-refractivity contribution in [3.05, 3.63) is 52.1 Å². The zero-order chi connectivity index (χ0) is 22.2. The lowest BCUT2D eigenvalue weighted by Gasteiger charge is -2.40. The SMILES string of the molecule is Cc1c(C(=O)Nc2ccc(F)c(C#N)c2)c(C)n(C)c1C(=O)C(O)NC1(C)COC1. The zero-order valence-electron chi connectivity index (χ0n) is 17.2. The minimum Gasteiger partial charge on any atom is -0.377 e. The summed E-state index contributed by atoms with van der Waals surface area (Å²) in [4.78, 5) is 25.8. The highest BCUT2D eigenvalue weighted by molar-refractivity contribution is 6.09. The molecule has 0 radical (unpaired) electrons. The summed E-state index contributed by atoms with van der Waals surface area (Å²) in [5, 5.41) is 24.8. The molecule has 9 heteroatoms. The monoisotopic (exact) mass is 414 g/mol. The second-order valence-electron chi connectivity index (χ2n) is 7.72. The van der Waals surface area contributed by atoms with Crippen LogP contribution in [-0.2, 0) is 11.8 Å². The topological polar surface area (TPSA) is 116 Å². The number of nitrogens with one attached hydrogen (secondary N) is 2. The number of hydrogen-bond acceptors (Lipinski definition) is 6. The molecule has 1 aliphatic rings. The minimum absolute atomic E-state index is 0.187. The van der Waals surface area contributed by atoms with E-state index in [4.69, 9.17) is 10.00 Å².